The highest BCUT2D eigenvalue weighted by Crippen LogP contribution is 2.12. The number of carbonyl (C=O) groups is 2. The molecule has 0 spiro atoms. The number of anilines is 1. The van der Waals surface area contributed by atoms with Crippen LogP contribution in [0.1, 0.15) is 20.3 Å². The van der Waals surface area contributed by atoms with Crippen LogP contribution in [0.5, 0.6) is 0 Å². The summed E-state index contributed by atoms with van der Waals surface area (Å²) in [5.41, 5.74) is 0.881. The lowest BCUT2D eigenvalue weighted by atomic mass is 10.0. The molecule has 1 rings (SSSR count). The monoisotopic (exact) mass is 308 g/mol. The highest BCUT2D eigenvalue weighted by Gasteiger charge is 2.27. The second-order valence-electron chi connectivity index (χ2n) is 5.79. The number of hydrogen-bond donors (Lipinski definition) is 3. The number of likely N-dealkylation sites (N-methyl/N-ethyl adjacent to an activating group) is 1. The van der Waals surface area contributed by atoms with E-state index in [1.807, 2.05) is 44.2 Å². The molecular weight excluding hydrogens is 284 g/mol. The fraction of sp³-hybridized carbons (Fsp3) is 0.500. The summed E-state index contributed by atoms with van der Waals surface area (Å²) < 4.78 is 0. The van der Waals surface area contributed by atoms with E-state index >= 15 is 0 Å². The topological polar surface area (TPSA) is 89.9 Å². The van der Waals surface area contributed by atoms with E-state index in [0.717, 1.165) is 5.69 Å². The van der Waals surface area contributed by atoms with Crippen molar-refractivity contribution in [2.24, 2.45) is 5.92 Å². The molecule has 3 N–H and O–H groups in total. The molecule has 0 aliphatic heterocycles. The van der Waals surface area contributed by atoms with Gasteiger partial charge in [0.05, 0.1) is 0 Å². The van der Waals surface area contributed by atoms with Gasteiger partial charge in [-0.05, 0) is 24.5 Å². The second kappa shape index (κ2) is 8.38. The van der Waals surface area contributed by atoms with E-state index in [1.165, 1.54) is 0 Å². The first-order valence-corrected chi connectivity index (χ1v) is 7.29. The van der Waals surface area contributed by atoms with E-state index in [4.69, 9.17) is 0 Å². The lowest BCUT2D eigenvalue weighted by Gasteiger charge is -2.27. The van der Waals surface area contributed by atoms with Crippen LogP contribution >= 0.6 is 0 Å². The predicted molar refractivity (Wildman–Crippen MR) is 85.2 cm³/mol. The maximum Gasteiger partial charge on any atom is 0.322 e. The van der Waals surface area contributed by atoms with Gasteiger partial charge in [-0.1, -0.05) is 32.0 Å². The largest absolute Gasteiger partial charge is 0.480 e. The van der Waals surface area contributed by atoms with Crippen molar-refractivity contribution in [3.63, 3.8) is 0 Å². The molecule has 0 aliphatic carbocycles. The summed E-state index contributed by atoms with van der Waals surface area (Å²) in [4.78, 5) is 24.5. The molecule has 6 heteroatoms. The van der Waals surface area contributed by atoms with Gasteiger partial charge in [-0.3, -0.25) is 14.9 Å². The zero-order valence-corrected chi connectivity index (χ0v) is 13.2. The quantitative estimate of drug-likeness (QED) is 0.643. The Hall–Kier alpha value is -2.08. The van der Waals surface area contributed by atoms with Gasteiger partial charge in [0, 0.05) is 19.3 Å². The normalized spacial score (nSPS) is 13.6. The van der Waals surface area contributed by atoms with Gasteiger partial charge in [0.2, 0.25) is 0 Å². The highest BCUT2D eigenvalue weighted by molar-refractivity contribution is 5.78. The first-order chi connectivity index (χ1) is 10.3. The lowest BCUT2D eigenvalue weighted by Crippen LogP contribution is -2.52. The number of carboxylic acid groups (broad SMARTS) is 2. The molecule has 0 fully saturated rings. The third-order valence-electron chi connectivity index (χ3n) is 3.36. The number of aliphatic carboxylic acids is 2. The van der Waals surface area contributed by atoms with Crippen molar-refractivity contribution in [3.05, 3.63) is 30.3 Å². The van der Waals surface area contributed by atoms with Crippen molar-refractivity contribution in [2.75, 3.05) is 18.5 Å². The van der Waals surface area contributed by atoms with Crippen molar-refractivity contribution in [1.82, 2.24) is 5.32 Å². The van der Waals surface area contributed by atoms with Crippen molar-refractivity contribution in [3.8, 4) is 0 Å². The van der Waals surface area contributed by atoms with Crippen molar-refractivity contribution >= 4 is 17.6 Å². The molecular formula is C16H24N2O4. The smallest absolute Gasteiger partial charge is 0.322 e. The summed E-state index contributed by atoms with van der Waals surface area (Å²) in [5, 5.41) is 21.3. The number of nitrogens with one attached hydrogen (secondary N) is 1. The Kier molecular flexibility index (Phi) is 6.85. The molecule has 0 saturated heterocycles. The van der Waals surface area contributed by atoms with Gasteiger partial charge < -0.3 is 15.1 Å². The molecule has 6 nitrogen and oxygen atoms in total. The van der Waals surface area contributed by atoms with Crippen LogP contribution in [0.2, 0.25) is 0 Å². The van der Waals surface area contributed by atoms with Crippen molar-refractivity contribution < 1.29 is 19.8 Å². The van der Waals surface area contributed by atoms with Crippen LogP contribution in [0.4, 0.5) is 5.69 Å². The van der Waals surface area contributed by atoms with Crippen LogP contribution in [0, 0.1) is 5.92 Å². The third-order valence-corrected chi connectivity index (χ3v) is 3.36. The Morgan fingerprint density at radius 1 is 1.09 bits per heavy atom. The van der Waals surface area contributed by atoms with E-state index < -0.39 is 24.0 Å². The minimum absolute atomic E-state index is 0.162. The minimum Gasteiger partial charge on any atom is -0.480 e. The van der Waals surface area contributed by atoms with Gasteiger partial charge in [0.25, 0.3) is 0 Å². The SMILES string of the molecule is CC(C)C[C@H](NC(CN(C)c1ccccc1)C(=O)O)C(=O)O. The number of para-hydroxylation sites is 1. The zero-order valence-electron chi connectivity index (χ0n) is 13.2. The van der Waals surface area contributed by atoms with Gasteiger partial charge in [-0.25, -0.2) is 0 Å². The zero-order chi connectivity index (χ0) is 16.7. The number of carboxylic acids is 2. The van der Waals surface area contributed by atoms with Crippen LogP contribution in [0.25, 0.3) is 0 Å². The van der Waals surface area contributed by atoms with Gasteiger partial charge in [0.1, 0.15) is 12.1 Å². The maximum atomic E-state index is 11.4. The Morgan fingerprint density at radius 2 is 1.64 bits per heavy atom. The van der Waals surface area contributed by atoms with E-state index in [9.17, 15) is 19.8 Å². The molecule has 22 heavy (non-hydrogen) atoms. The average Bonchev–Trinajstić information content (AvgIpc) is 2.45. The molecule has 1 unspecified atom stereocenters. The predicted octanol–water partition coefficient (Wildman–Crippen LogP) is 1.66. The summed E-state index contributed by atoms with van der Waals surface area (Å²) in [5.74, 6) is -1.92. The summed E-state index contributed by atoms with van der Waals surface area (Å²) in [7, 11) is 1.78. The first kappa shape index (κ1) is 18.0. The van der Waals surface area contributed by atoms with Crippen molar-refractivity contribution in [1.29, 1.82) is 0 Å². The maximum absolute atomic E-state index is 11.4. The third kappa shape index (κ3) is 5.73. The van der Waals surface area contributed by atoms with E-state index in [1.54, 1.807) is 11.9 Å². The summed E-state index contributed by atoms with van der Waals surface area (Å²) in [6.07, 6.45) is 0.383. The molecule has 122 valence electrons. The molecule has 0 saturated carbocycles. The van der Waals surface area contributed by atoms with Crippen molar-refractivity contribution in [2.45, 2.75) is 32.4 Å². The minimum atomic E-state index is -1.06. The summed E-state index contributed by atoms with van der Waals surface area (Å²) in [6.45, 7) is 3.99. The summed E-state index contributed by atoms with van der Waals surface area (Å²) in [6, 6.07) is 7.55. The fourth-order valence-corrected chi connectivity index (χ4v) is 2.22. The van der Waals surface area contributed by atoms with E-state index in [-0.39, 0.29) is 12.5 Å². The Labute approximate surface area is 130 Å². The second-order valence-corrected chi connectivity index (χ2v) is 5.79. The Balaban J connectivity index is 2.76. The number of rotatable bonds is 9. The first-order valence-electron chi connectivity index (χ1n) is 7.29. The van der Waals surface area contributed by atoms with Crippen LogP contribution in [-0.2, 0) is 9.59 Å². The average molecular weight is 308 g/mol. The molecule has 2 atom stereocenters. The molecule has 0 heterocycles. The van der Waals surface area contributed by atoms with Crippen LogP contribution in [-0.4, -0.2) is 47.8 Å². The lowest BCUT2D eigenvalue weighted by molar-refractivity contribution is -0.142. The fourth-order valence-electron chi connectivity index (χ4n) is 2.22. The molecule has 1 aromatic rings. The van der Waals surface area contributed by atoms with Crippen LogP contribution in [0.15, 0.2) is 30.3 Å². The van der Waals surface area contributed by atoms with E-state index in [2.05, 4.69) is 5.32 Å². The van der Waals surface area contributed by atoms with Gasteiger partial charge in [-0.2, -0.15) is 0 Å². The van der Waals surface area contributed by atoms with E-state index in [0.29, 0.717) is 6.42 Å². The number of hydrogen-bond acceptors (Lipinski definition) is 4. The van der Waals surface area contributed by atoms with Gasteiger partial charge in [0.15, 0.2) is 0 Å². The van der Waals surface area contributed by atoms with Gasteiger partial charge >= 0.3 is 11.9 Å². The molecule has 0 radical (unpaired) electrons. The number of nitrogens with zero attached hydrogens (tertiary/aromatic N) is 1. The number of benzene rings is 1. The molecule has 0 amide bonds. The van der Waals surface area contributed by atoms with Gasteiger partial charge in [-0.15, -0.1) is 0 Å². The highest BCUT2D eigenvalue weighted by atomic mass is 16.4. The Bertz CT molecular complexity index is 490. The Morgan fingerprint density at radius 3 is 2.09 bits per heavy atom. The summed E-state index contributed by atoms with van der Waals surface area (Å²) >= 11 is 0. The van der Waals surface area contributed by atoms with Crippen LogP contribution < -0.4 is 10.2 Å². The molecule has 0 bridgehead atoms. The molecule has 0 aromatic heterocycles. The standard InChI is InChI=1S/C16H24N2O4/c1-11(2)9-13(15(19)20)17-14(16(21)22)10-18(3)12-7-5-4-6-8-12/h4-8,11,13-14,17H,9-10H2,1-3H3,(H,19,20)(H,21,22)/t13-,14?/m0/s1. The molecule has 1 aromatic carbocycles. The van der Waals surface area contributed by atoms with Crippen LogP contribution in [0.3, 0.4) is 0 Å². The molecule has 0 aliphatic rings.